The molecule has 5 heteroatoms. The monoisotopic (exact) mass is 255 g/mol. The van der Waals surface area contributed by atoms with Crippen LogP contribution in [-0.4, -0.2) is 42.4 Å². The van der Waals surface area contributed by atoms with Gasteiger partial charge in [0, 0.05) is 20.1 Å². The van der Waals surface area contributed by atoms with Gasteiger partial charge in [-0.05, 0) is 25.7 Å². The molecule has 1 saturated heterocycles. The number of amides is 2. The van der Waals surface area contributed by atoms with Gasteiger partial charge in [-0.3, -0.25) is 9.59 Å². The minimum absolute atomic E-state index is 0.0129. The van der Waals surface area contributed by atoms with E-state index in [1.54, 1.807) is 11.9 Å². The largest absolute Gasteiger partial charge is 0.359 e. The average Bonchev–Trinajstić information content (AvgIpc) is 2.44. The van der Waals surface area contributed by atoms with E-state index in [2.05, 4.69) is 5.32 Å². The van der Waals surface area contributed by atoms with Crippen LogP contribution in [-0.2, 0) is 9.59 Å². The first-order valence-electron chi connectivity index (χ1n) is 6.78. The molecule has 5 nitrogen and oxygen atoms in total. The molecular weight excluding hydrogens is 230 g/mol. The van der Waals surface area contributed by atoms with E-state index in [0.717, 1.165) is 12.8 Å². The van der Waals surface area contributed by atoms with Gasteiger partial charge in [0.1, 0.15) is 0 Å². The van der Waals surface area contributed by atoms with Crippen LogP contribution in [0.5, 0.6) is 0 Å². The van der Waals surface area contributed by atoms with Crippen molar-refractivity contribution in [1.82, 2.24) is 10.2 Å². The Labute approximate surface area is 109 Å². The van der Waals surface area contributed by atoms with Crippen LogP contribution < -0.4 is 11.1 Å². The number of nitrogens with two attached hydrogens (primary N) is 1. The van der Waals surface area contributed by atoms with Gasteiger partial charge in [0.2, 0.25) is 11.8 Å². The van der Waals surface area contributed by atoms with Crippen LogP contribution in [0.15, 0.2) is 0 Å². The Morgan fingerprint density at radius 2 is 2.00 bits per heavy atom. The van der Waals surface area contributed by atoms with Crippen LogP contribution in [0.3, 0.4) is 0 Å². The first kappa shape index (κ1) is 15.0. The van der Waals surface area contributed by atoms with E-state index in [-0.39, 0.29) is 17.7 Å². The van der Waals surface area contributed by atoms with Gasteiger partial charge in [-0.15, -0.1) is 0 Å². The molecule has 0 bridgehead atoms. The summed E-state index contributed by atoms with van der Waals surface area (Å²) in [7, 11) is 1.63. The highest BCUT2D eigenvalue weighted by atomic mass is 16.2. The first-order chi connectivity index (χ1) is 8.48. The lowest BCUT2D eigenvalue weighted by Crippen LogP contribution is -2.57. The Bertz CT molecular complexity index is 313. The van der Waals surface area contributed by atoms with Crippen molar-refractivity contribution in [3.8, 4) is 0 Å². The summed E-state index contributed by atoms with van der Waals surface area (Å²) in [5.74, 6) is -0.0881. The second-order valence-electron chi connectivity index (χ2n) is 5.07. The lowest BCUT2D eigenvalue weighted by molar-refractivity contribution is -0.140. The van der Waals surface area contributed by atoms with Gasteiger partial charge < -0.3 is 16.0 Å². The maximum atomic E-state index is 12.4. The Hall–Kier alpha value is -1.10. The predicted octanol–water partition coefficient (Wildman–Crippen LogP) is 0.489. The molecule has 18 heavy (non-hydrogen) atoms. The van der Waals surface area contributed by atoms with Gasteiger partial charge in [-0.2, -0.15) is 0 Å². The quantitative estimate of drug-likeness (QED) is 0.767. The Morgan fingerprint density at radius 3 is 2.50 bits per heavy atom. The SMILES string of the molecule is CCC(N)(CC)C(=O)N1CCCC(C(=O)NC)C1. The maximum absolute atomic E-state index is 12.4. The molecule has 3 N–H and O–H groups in total. The molecule has 0 spiro atoms. The van der Waals surface area contributed by atoms with E-state index in [1.165, 1.54) is 0 Å². The van der Waals surface area contributed by atoms with E-state index >= 15 is 0 Å². The summed E-state index contributed by atoms with van der Waals surface area (Å²) in [4.78, 5) is 25.8. The highest BCUT2D eigenvalue weighted by molar-refractivity contribution is 5.87. The number of hydrogen-bond donors (Lipinski definition) is 2. The van der Waals surface area contributed by atoms with E-state index in [1.807, 2.05) is 13.8 Å². The van der Waals surface area contributed by atoms with E-state index in [9.17, 15) is 9.59 Å². The van der Waals surface area contributed by atoms with Crippen molar-refractivity contribution in [1.29, 1.82) is 0 Å². The molecule has 104 valence electrons. The van der Waals surface area contributed by atoms with E-state index < -0.39 is 5.54 Å². The third kappa shape index (κ3) is 3.02. The lowest BCUT2D eigenvalue weighted by atomic mass is 9.89. The fourth-order valence-electron chi connectivity index (χ4n) is 2.45. The number of hydrogen-bond acceptors (Lipinski definition) is 3. The summed E-state index contributed by atoms with van der Waals surface area (Å²) in [6, 6.07) is 0. The Balaban J connectivity index is 2.72. The third-order valence-corrected chi connectivity index (χ3v) is 4.01. The number of carbonyl (C=O) groups excluding carboxylic acids is 2. The molecule has 0 aliphatic carbocycles. The molecule has 1 atom stereocenters. The van der Waals surface area contributed by atoms with Crippen molar-refractivity contribution in [2.45, 2.75) is 45.1 Å². The van der Waals surface area contributed by atoms with E-state index in [0.29, 0.717) is 25.9 Å². The molecule has 0 radical (unpaired) electrons. The predicted molar refractivity (Wildman–Crippen MR) is 70.9 cm³/mol. The van der Waals surface area contributed by atoms with Crippen LogP contribution in [0.25, 0.3) is 0 Å². The molecule has 1 rings (SSSR count). The zero-order chi connectivity index (χ0) is 13.8. The summed E-state index contributed by atoms with van der Waals surface area (Å²) < 4.78 is 0. The first-order valence-corrected chi connectivity index (χ1v) is 6.78. The minimum Gasteiger partial charge on any atom is -0.359 e. The second kappa shape index (κ2) is 6.18. The number of piperidine rings is 1. The van der Waals surface area contributed by atoms with Gasteiger partial charge >= 0.3 is 0 Å². The number of rotatable bonds is 4. The average molecular weight is 255 g/mol. The molecule has 1 fully saturated rings. The smallest absolute Gasteiger partial charge is 0.242 e. The number of nitrogens with one attached hydrogen (secondary N) is 1. The summed E-state index contributed by atoms with van der Waals surface area (Å²) in [6.07, 6.45) is 2.97. The number of likely N-dealkylation sites (tertiary alicyclic amines) is 1. The van der Waals surface area contributed by atoms with Gasteiger partial charge in [0.05, 0.1) is 11.5 Å². The highest BCUT2D eigenvalue weighted by Crippen LogP contribution is 2.22. The summed E-state index contributed by atoms with van der Waals surface area (Å²) in [6.45, 7) is 5.08. The van der Waals surface area contributed by atoms with E-state index in [4.69, 9.17) is 5.73 Å². The fourth-order valence-corrected chi connectivity index (χ4v) is 2.45. The van der Waals surface area contributed by atoms with Crippen molar-refractivity contribution in [3.63, 3.8) is 0 Å². The third-order valence-electron chi connectivity index (χ3n) is 4.01. The standard InChI is InChI=1S/C13H25N3O2/c1-4-13(14,5-2)12(18)16-8-6-7-10(9-16)11(17)15-3/h10H,4-9,14H2,1-3H3,(H,15,17). The van der Waals surface area contributed by atoms with Gasteiger partial charge in [0.25, 0.3) is 0 Å². The molecule has 0 aromatic heterocycles. The van der Waals surface area contributed by atoms with Crippen molar-refractivity contribution in [2.24, 2.45) is 11.7 Å². The van der Waals surface area contributed by atoms with Crippen LogP contribution in [0.4, 0.5) is 0 Å². The van der Waals surface area contributed by atoms with Crippen LogP contribution in [0.2, 0.25) is 0 Å². The lowest BCUT2D eigenvalue weighted by Gasteiger charge is -2.37. The topological polar surface area (TPSA) is 75.4 Å². The molecule has 1 aliphatic rings. The van der Waals surface area contributed by atoms with Crippen LogP contribution >= 0.6 is 0 Å². The number of carbonyl (C=O) groups is 2. The van der Waals surface area contributed by atoms with Crippen molar-refractivity contribution in [3.05, 3.63) is 0 Å². The molecule has 0 aromatic carbocycles. The summed E-state index contributed by atoms with van der Waals surface area (Å²) in [5, 5.41) is 2.65. The zero-order valence-corrected chi connectivity index (χ0v) is 11.7. The zero-order valence-electron chi connectivity index (χ0n) is 11.7. The number of nitrogens with zero attached hydrogens (tertiary/aromatic N) is 1. The second-order valence-corrected chi connectivity index (χ2v) is 5.07. The Morgan fingerprint density at radius 1 is 1.39 bits per heavy atom. The maximum Gasteiger partial charge on any atom is 0.242 e. The van der Waals surface area contributed by atoms with Crippen molar-refractivity contribution >= 4 is 11.8 Å². The van der Waals surface area contributed by atoms with Crippen molar-refractivity contribution < 1.29 is 9.59 Å². The normalized spacial score (nSPS) is 20.7. The fraction of sp³-hybridized carbons (Fsp3) is 0.846. The molecule has 1 heterocycles. The molecule has 2 amide bonds. The molecule has 1 aliphatic heterocycles. The Kier molecular flexibility index (Phi) is 5.14. The molecular formula is C13H25N3O2. The van der Waals surface area contributed by atoms with Crippen molar-refractivity contribution in [2.75, 3.05) is 20.1 Å². The van der Waals surface area contributed by atoms with Gasteiger partial charge in [0.15, 0.2) is 0 Å². The summed E-state index contributed by atoms with van der Waals surface area (Å²) in [5.41, 5.74) is 5.36. The highest BCUT2D eigenvalue weighted by Gasteiger charge is 2.37. The van der Waals surface area contributed by atoms with Gasteiger partial charge in [-0.25, -0.2) is 0 Å². The molecule has 0 aromatic rings. The minimum atomic E-state index is -0.773. The summed E-state index contributed by atoms with van der Waals surface area (Å²) >= 11 is 0. The van der Waals surface area contributed by atoms with Crippen LogP contribution in [0, 0.1) is 5.92 Å². The molecule has 0 saturated carbocycles. The van der Waals surface area contributed by atoms with Gasteiger partial charge in [-0.1, -0.05) is 13.8 Å². The van der Waals surface area contributed by atoms with Crippen LogP contribution in [0.1, 0.15) is 39.5 Å². The molecule has 1 unspecified atom stereocenters.